The number of rotatable bonds is 5. The van der Waals surface area contributed by atoms with Crippen molar-refractivity contribution in [3.05, 3.63) is 48.0 Å². The number of morpholine rings is 1. The number of esters is 1. The van der Waals surface area contributed by atoms with E-state index in [1.165, 1.54) is 7.11 Å². The Kier molecular flexibility index (Phi) is 4.94. The fourth-order valence-electron chi connectivity index (χ4n) is 3.92. The summed E-state index contributed by atoms with van der Waals surface area (Å²) in [5, 5.41) is 4.27. The van der Waals surface area contributed by atoms with Gasteiger partial charge in [-0.25, -0.2) is 14.8 Å². The van der Waals surface area contributed by atoms with E-state index in [0.717, 1.165) is 67.3 Å². The molecule has 30 heavy (non-hydrogen) atoms. The van der Waals surface area contributed by atoms with Crippen LogP contribution in [0.2, 0.25) is 0 Å². The van der Waals surface area contributed by atoms with E-state index in [-0.39, 0.29) is 0 Å². The van der Waals surface area contributed by atoms with Gasteiger partial charge in [0.15, 0.2) is 5.65 Å². The van der Waals surface area contributed by atoms with Crippen LogP contribution in [0.3, 0.4) is 0 Å². The van der Waals surface area contributed by atoms with Gasteiger partial charge in [-0.3, -0.25) is 9.30 Å². The highest BCUT2D eigenvalue weighted by Crippen LogP contribution is 2.26. The van der Waals surface area contributed by atoms with Gasteiger partial charge in [-0.05, 0) is 30.3 Å². The number of benzene rings is 1. The van der Waals surface area contributed by atoms with Gasteiger partial charge in [0.05, 0.1) is 31.4 Å². The molecule has 0 unspecified atom stereocenters. The Balaban J connectivity index is 1.55. The van der Waals surface area contributed by atoms with Crippen molar-refractivity contribution >= 4 is 39.5 Å². The molecule has 0 saturated carbocycles. The zero-order valence-corrected chi connectivity index (χ0v) is 16.8. The average molecular weight is 405 g/mol. The van der Waals surface area contributed by atoms with Crippen LogP contribution in [0, 0.1) is 0 Å². The lowest BCUT2D eigenvalue weighted by Crippen LogP contribution is -2.39. The van der Waals surface area contributed by atoms with Crippen molar-refractivity contribution < 1.29 is 14.3 Å². The molecule has 1 aliphatic heterocycles. The summed E-state index contributed by atoms with van der Waals surface area (Å²) in [6, 6.07) is 13.5. The smallest absolute Gasteiger partial charge is 0.341 e. The SMILES string of the molecule is COC(=O)c1cc2ccc(NCCN3CCOCC3)nc2n2c1nc1ccccc12. The van der Waals surface area contributed by atoms with Gasteiger partial charge in [0.2, 0.25) is 0 Å². The first kappa shape index (κ1) is 18.8. The number of imidazole rings is 1. The quantitative estimate of drug-likeness (QED) is 0.511. The molecular formula is C22H23N5O3. The summed E-state index contributed by atoms with van der Waals surface area (Å²) >= 11 is 0. The highest BCUT2D eigenvalue weighted by molar-refractivity contribution is 6.03. The van der Waals surface area contributed by atoms with E-state index < -0.39 is 5.97 Å². The maximum atomic E-state index is 12.4. The number of anilines is 1. The second kappa shape index (κ2) is 7.89. The lowest BCUT2D eigenvalue weighted by atomic mass is 10.2. The van der Waals surface area contributed by atoms with E-state index >= 15 is 0 Å². The number of fused-ring (bicyclic) bond motifs is 5. The number of hydrogen-bond donors (Lipinski definition) is 1. The van der Waals surface area contributed by atoms with Gasteiger partial charge in [-0.1, -0.05) is 12.1 Å². The van der Waals surface area contributed by atoms with E-state index in [1.54, 1.807) is 6.07 Å². The van der Waals surface area contributed by atoms with Crippen LogP contribution in [-0.4, -0.2) is 71.7 Å². The molecule has 154 valence electrons. The van der Waals surface area contributed by atoms with Crippen molar-refractivity contribution in [2.24, 2.45) is 0 Å². The predicted octanol–water partition coefficient (Wildman–Crippen LogP) is 2.57. The topological polar surface area (TPSA) is 81.0 Å². The van der Waals surface area contributed by atoms with Crippen LogP contribution in [0.15, 0.2) is 42.5 Å². The second-order valence-electron chi connectivity index (χ2n) is 7.30. The first-order valence-corrected chi connectivity index (χ1v) is 10.1. The number of pyridine rings is 2. The van der Waals surface area contributed by atoms with Gasteiger partial charge in [0, 0.05) is 31.6 Å². The number of carbonyl (C=O) groups is 1. The molecule has 8 heteroatoms. The van der Waals surface area contributed by atoms with Gasteiger partial charge in [0.1, 0.15) is 17.0 Å². The van der Waals surface area contributed by atoms with Crippen molar-refractivity contribution in [3.63, 3.8) is 0 Å². The molecule has 0 atom stereocenters. The van der Waals surface area contributed by atoms with Crippen molar-refractivity contribution in [2.75, 3.05) is 51.8 Å². The number of para-hydroxylation sites is 2. The minimum Gasteiger partial charge on any atom is -0.465 e. The number of aromatic nitrogens is 3. The normalized spacial score (nSPS) is 15.1. The largest absolute Gasteiger partial charge is 0.465 e. The monoisotopic (exact) mass is 405 g/mol. The number of hydrogen-bond acceptors (Lipinski definition) is 7. The molecule has 0 aliphatic carbocycles. The van der Waals surface area contributed by atoms with E-state index in [1.807, 2.05) is 40.8 Å². The molecule has 8 nitrogen and oxygen atoms in total. The third-order valence-electron chi connectivity index (χ3n) is 5.46. The summed E-state index contributed by atoms with van der Waals surface area (Å²) in [4.78, 5) is 24.3. The Morgan fingerprint density at radius 2 is 1.97 bits per heavy atom. The Labute approximate surface area is 173 Å². The molecule has 4 heterocycles. The Morgan fingerprint density at radius 1 is 1.13 bits per heavy atom. The highest BCUT2D eigenvalue weighted by Gasteiger charge is 2.19. The lowest BCUT2D eigenvalue weighted by Gasteiger charge is -2.26. The molecule has 1 aromatic carbocycles. The molecular weight excluding hydrogens is 382 g/mol. The highest BCUT2D eigenvalue weighted by atomic mass is 16.5. The molecule has 1 aliphatic rings. The summed E-state index contributed by atoms with van der Waals surface area (Å²) in [7, 11) is 1.38. The van der Waals surface area contributed by atoms with Crippen LogP contribution in [0.1, 0.15) is 10.4 Å². The fraction of sp³-hybridized carbons (Fsp3) is 0.318. The van der Waals surface area contributed by atoms with Crippen molar-refractivity contribution in [1.82, 2.24) is 19.3 Å². The number of nitrogens with one attached hydrogen (secondary N) is 1. The summed E-state index contributed by atoms with van der Waals surface area (Å²) in [5.41, 5.74) is 3.44. The second-order valence-corrected chi connectivity index (χ2v) is 7.30. The van der Waals surface area contributed by atoms with Crippen molar-refractivity contribution in [2.45, 2.75) is 0 Å². The average Bonchev–Trinajstić information content (AvgIpc) is 3.19. The molecule has 0 spiro atoms. The zero-order valence-electron chi connectivity index (χ0n) is 16.8. The third-order valence-corrected chi connectivity index (χ3v) is 5.46. The van der Waals surface area contributed by atoms with Crippen LogP contribution in [0.25, 0.3) is 27.7 Å². The lowest BCUT2D eigenvalue weighted by molar-refractivity contribution is 0.0398. The standard InChI is InChI=1S/C22H23N5O3/c1-29-22(28)16-14-15-6-7-19(23-8-9-26-10-12-30-13-11-26)25-20(15)27-18-5-3-2-4-17(18)24-21(16)27/h2-7,14H,8-13H2,1H3,(H,23,25). The van der Waals surface area contributed by atoms with E-state index in [4.69, 9.17) is 14.5 Å². The third kappa shape index (κ3) is 3.34. The van der Waals surface area contributed by atoms with E-state index in [9.17, 15) is 4.79 Å². The summed E-state index contributed by atoms with van der Waals surface area (Å²) in [6.45, 7) is 5.25. The number of carbonyl (C=O) groups excluding carboxylic acids is 1. The minimum atomic E-state index is -0.412. The van der Waals surface area contributed by atoms with Crippen LogP contribution in [0.5, 0.6) is 0 Å². The van der Waals surface area contributed by atoms with E-state index in [0.29, 0.717) is 11.2 Å². The van der Waals surface area contributed by atoms with Gasteiger partial charge < -0.3 is 14.8 Å². The Hall–Kier alpha value is -3.23. The summed E-state index contributed by atoms with van der Waals surface area (Å²) < 4.78 is 12.3. The van der Waals surface area contributed by atoms with Crippen LogP contribution in [0.4, 0.5) is 5.82 Å². The van der Waals surface area contributed by atoms with Gasteiger partial charge in [0.25, 0.3) is 0 Å². The fourth-order valence-corrected chi connectivity index (χ4v) is 3.92. The molecule has 4 aromatic rings. The molecule has 1 saturated heterocycles. The number of ether oxygens (including phenoxy) is 2. The predicted molar refractivity (Wildman–Crippen MR) is 115 cm³/mol. The maximum absolute atomic E-state index is 12.4. The van der Waals surface area contributed by atoms with Crippen LogP contribution < -0.4 is 5.32 Å². The van der Waals surface area contributed by atoms with Gasteiger partial charge in [-0.2, -0.15) is 0 Å². The molecule has 0 radical (unpaired) electrons. The van der Waals surface area contributed by atoms with Gasteiger partial charge in [-0.15, -0.1) is 0 Å². The van der Waals surface area contributed by atoms with Crippen LogP contribution >= 0.6 is 0 Å². The van der Waals surface area contributed by atoms with Crippen molar-refractivity contribution in [1.29, 1.82) is 0 Å². The van der Waals surface area contributed by atoms with Crippen molar-refractivity contribution in [3.8, 4) is 0 Å². The molecule has 1 fully saturated rings. The molecule has 5 rings (SSSR count). The zero-order chi connectivity index (χ0) is 20.5. The molecule has 3 aromatic heterocycles. The number of nitrogens with zero attached hydrogens (tertiary/aromatic N) is 4. The van der Waals surface area contributed by atoms with Crippen LogP contribution in [-0.2, 0) is 9.47 Å². The van der Waals surface area contributed by atoms with E-state index in [2.05, 4.69) is 15.2 Å². The molecule has 0 amide bonds. The summed E-state index contributed by atoms with van der Waals surface area (Å²) in [5.74, 6) is 0.380. The first-order chi connectivity index (χ1) is 14.7. The Bertz CT molecular complexity index is 1230. The maximum Gasteiger partial charge on any atom is 0.341 e. The minimum absolute atomic E-state index is 0.412. The molecule has 1 N–H and O–H groups in total. The molecule has 0 bridgehead atoms. The number of methoxy groups -OCH3 is 1. The van der Waals surface area contributed by atoms with Gasteiger partial charge >= 0.3 is 5.97 Å². The first-order valence-electron chi connectivity index (χ1n) is 10.1. The summed E-state index contributed by atoms with van der Waals surface area (Å²) in [6.07, 6.45) is 0. The Morgan fingerprint density at radius 3 is 2.80 bits per heavy atom.